The highest BCUT2D eigenvalue weighted by Gasteiger charge is 2.57. The van der Waals surface area contributed by atoms with Crippen LogP contribution in [0.25, 0.3) is 0 Å². The molecule has 1 unspecified atom stereocenters. The molecule has 1 aliphatic carbocycles. The van der Waals surface area contributed by atoms with E-state index in [2.05, 4.69) is 43.5 Å². The highest BCUT2D eigenvalue weighted by molar-refractivity contribution is 5.85. The largest absolute Gasteiger partial charge is 0.356 e. The number of carbonyl (C=O) groups is 1. The van der Waals surface area contributed by atoms with E-state index in [0.29, 0.717) is 5.41 Å². The molecule has 0 bridgehead atoms. The summed E-state index contributed by atoms with van der Waals surface area (Å²) in [6.45, 7) is 9.38. The molecule has 3 nitrogen and oxygen atoms in total. The molecule has 4 heteroatoms. The summed E-state index contributed by atoms with van der Waals surface area (Å²) in [5.41, 5.74) is 5.72. The van der Waals surface area contributed by atoms with Gasteiger partial charge in [-0.3, -0.25) is 4.79 Å². The first kappa shape index (κ1) is 18.3. The SMILES string of the molecule is Cc1cc(C)c(CCNC(=O)C2CC23CCNCC3)c(C)c1.Cl. The molecule has 1 aliphatic heterocycles. The van der Waals surface area contributed by atoms with Crippen molar-refractivity contribution in [3.05, 3.63) is 34.4 Å². The van der Waals surface area contributed by atoms with Crippen molar-refractivity contribution in [1.29, 1.82) is 0 Å². The summed E-state index contributed by atoms with van der Waals surface area (Å²) in [7, 11) is 0. The fourth-order valence-corrected chi connectivity index (χ4v) is 4.23. The van der Waals surface area contributed by atoms with Gasteiger partial charge in [-0.2, -0.15) is 0 Å². The fraction of sp³-hybridized carbons (Fsp3) is 0.632. The summed E-state index contributed by atoms with van der Waals surface area (Å²) in [6.07, 6.45) is 4.37. The number of piperidine rings is 1. The maximum absolute atomic E-state index is 12.4. The maximum atomic E-state index is 12.4. The summed E-state index contributed by atoms with van der Waals surface area (Å²) in [5.74, 6) is 0.555. The molecular formula is C19H29ClN2O. The standard InChI is InChI=1S/C19H28N2O.ClH/c1-13-10-14(2)16(15(3)11-13)4-7-21-18(22)17-12-19(17)5-8-20-9-6-19;/h10-11,17,20H,4-9,12H2,1-3H3,(H,21,22);1H. The smallest absolute Gasteiger partial charge is 0.223 e. The van der Waals surface area contributed by atoms with Crippen molar-refractivity contribution < 1.29 is 4.79 Å². The number of nitrogens with one attached hydrogen (secondary N) is 2. The van der Waals surface area contributed by atoms with Gasteiger partial charge in [-0.15, -0.1) is 12.4 Å². The summed E-state index contributed by atoms with van der Waals surface area (Å²) in [5, 5.41) is 6.56. The molecule has 2 fully saturated rings. The highest BCUT2D eigenvalue weighted by atomic mass is 35.5. The molecule has 2 N–H and O–H groups in total. The van der Waals surface area contributed by atoms with Crippen molar-refractivity contribution in [2.75, 3.05) is 19.6 Å². The lowest BCUT2D eigenvalue weighted by Crippen LogP contribution is -2.34. The molecule has 0 radical (unpaired) electrons. The number of benzene rings is 1. The van der Waals surface area contributed by atoms with Gasteiger partial charge in [0.1, 0.15) is 0 Å². The summed E-state index contributed by atoms with van der Waals surface area (Å²) < 4.78 is 0. The Labute approximate surface area is 146 Å². The minimum Gasteiger partial charge on any atom is -0.356 e. The van der Waals surface area contributed by atoms with E-state index >= 15 is 0 Å². The van der Waals surface area contributed by atoms with Crippen molar-refractivity contribution in [1.82, 2.24) is 10.6 Å². The van der Waals surface area contributed by atoms with E-state index in [9.17, 15) is 4.79 Å². The van der Waals surface area contributed by atoms with Crippen LogP contribution in [0.15, 0.2) is 12.1 Å². The average Bonchev–Trinajstić information content (AvgIpc) is 3.15. The predicted molar refractivity (Wildman–Crippen MR) is 97.3 cm³/mol. The molecule has 1 aromatic carbocycles. The quantitative estimate of drug-likeness (QED) is 0.887. The third-order valence-corrected chi connectivity index (χ3v) is 5.62. The van der Waals surface area contributed by atoms with Crippen LogP contribution in [0.1, 0.15) is 41.5 Å². The second-order valence-corrected chi connectivity index (χ2v) is 7.29. The Kier molecular flexibility index (Phi) is 5.74. The van der Waals surface area contributed by atoms with E-state index < -0.39 is 0 Å². The molecule has 1 heterocycles. The van der Waals surface area contributed by atoms with Crippen LogP contribution in [-0.2, 0) is 11.2 Å². The van der Waals surface area contributed by atoms with Crippen LogP contribution in [0.2, 0.25) is 0 Å². The van der Waals surface area contributed by atoms with E-state index in [1.165, 1.54) is 35.1 Å². The molecule has 23 heavy (non-hydrogen) atoms. The van der Waals surface area contributed by atoms with Gasteiger partial charge in [0.25, 0.3) is 0 Å². The normalized spacial score (nSPS) is 21.6. The number of amides is 1. The first-order valence-corrected chi connectivity index (χ1v) is 8.57. The van der Waals surface area contributed by atoms with Gasteiger partial charge in [-0.05, 0) is 81.6 Å². The number of carbonyl (C=O) groups excluding carboxylic acids is 1. The summed E-state index contributed by atoms with van der Waals surface area (Å²) in [4.78, 5) is 12.4. The minimum atomic E-state index is 0. The predicted octanol–water partition coefficient (Wildman–Crippen LogP) is 3.08. The third kappa shape index (κ3) is 3.89. The van der Waals surface area contributed by atoms with Crippen molar-refractivity contribution in [3.63, 3.8) is 0 Å². The van der Waals surface area contributed by atoms with Crippen LogP contribution >= 0.6 is 12.4 Å². The van der Waals surface area contributed by atoms with Gasteiger partial charge >= 0.3 is 0 Å². The average molecular weight is 337 g/mol. The van der Waals surface area contributed by atoms with Crippen molar-refractivity contribution in [2.24, 2.45) is 11.3 Å². The van der Waals surface area contributed by atoms with Gasteiger partial charge in [-0.25, -0.2) is 0 Å². The minimum absolute atomic E-state index is 0. The van der Waals surface area contributed by atoms with Gasteiger partial charge in [0.05, 0.1) is 0 Å². The Balaban J connectivity index is 0.00000192. The first-order chi connectivity index (χ1) is 10.5. The Bertz CT molecular complexity index is 556. The van der Waals surface area contributed by atoms with Crippen molar-refractivity contribution in [3.8, 4) is 0 Å². The Morgan fingerprint density at radius 1 is 1.22 bits per heavy atom. The molecule has 3 rings (SSSR count). The summed E-state index contributed by atoms with van der Waals surface area (Å²) >= 11 is 0. The van der Waals surface area contributed by atoms with Gasteiger partial charge in [0.2, 0.25) is 5.91 Å². The zero-order valence-corrected chi connectivity index (χ0v) is 15.3. The number of hydrogen-bond donors (Lipinski definition) is 2. The Morgan fingerprint density at radius 2 is 1.83 bits per heavy atom. The van der Waals surface area contributed by atoms with Gasteiger partial charge < -0.3 is 10.6 Å². The molecule has 1 aromatic rings. The van der Waals surface area contributed by atoms with Crippen molar-refractivity contribution in [2.45, 2.75) is 46.5 Å². The fourth-order valence-electron chi connectivity index (χ4n) is 4.23. The molecule has 2 aliphatic rings. The third-order valence-electron chi connectivity index (χ3n) is 5.62. The summed E-state index contributed by atoms with van der Waals surface area (Å²) in [6, 6.07) is 4.46. The highest BCUT2D eigenvalue weighted by Crippen LogP contribution is 2.58. The van der Waals surface area contributed by atoms with Gasteiger partial charge in [-0.1, -0.05) is 17.7 Å². The second-order valence-electron chi connectivity index (χ2n) is 7.29. The zero-order valence-electron chi connectivity index (χ0n) is 14.5. The topological polar surface area (TPSA) is 41.1 Å². The maximum Gasteiger partial charge on any atom is 0.223 e. The molecule has 1 atom stereocenters. The van der Waals surface area contributed by atoms with Crippen molar-refractivity contribution >= 4 is 18.3 Å². The van der Waals surface area contributed by atoms with Crippen LogP contribution in [0, 0.1) is 32.1 Å². The van der Waals surface area contributed by atoms with Crippen LogP contribution in [-0.4, -0.2) is 25.5 Å². The molecule has 1 saturated carbocycles. The molecule has 128 valence electrons. The second kappa shape index (κ2) is 7.23. The van der Waals surface area contributed by atoms with E-state index in [4.69, 9.17) is 0 Å². The lowest BCUT2D eigenvalue weighted by Gasteiger charge is -2.23. The van der Waals surface area contributed by atoms with Crippen LogP contribution in [0.5, 0.6) is 0 Å². The van der Waals surface area contributed by atoms with E-state index in [1.54, 1.807) is 0 Å². The van der Waals surface area contributed by atoms with Crippen LogP contribution in [0.3, 0.4) is 0 Å². The van der Waals surface area contributed by atoms with E-state index in [0.717, 1.165) is 32.5 Å². The van der Waals surface area contributed by atoms with E-state index in [-0.39, 0.29) is 24.2 Å². The van der Waals surface area contributed by atoms with Crippen LogP contribution < -0.4 is 10.6 Å². The van der Waals surface area contributed by atoms with Gasteiger partial charge in [0.15, 0.2) is 0 Å². The molecular weight excluding hydrogens is 308 g/mol. The number of halogens is 1. The van der Waals surface area contributed by atoms with E-state index in [1.807, 2.05) is 0 Å². The molecule has 1 spiro atoms. The lowest BCUT2D eigenvalue weighted by molar-refractivity contribution is -0.123. The molecule has 1 saturated heterocycles. The lowest BCUT2D eigenvalue weighted by atomic mass is 9.91. The molecule has 1 amide bonds. The van der Waals surface area contributed by atoms with Gasteiger partial charge in [0, 0.05) is 12.5 Å². The number of rotatable bonds is 4. The monoisotopic (exact) mass is 336 g/mol. The molecule has 0 aromatic heterocycles. The number of hydrogen-bond acceptors (Lipinski definition) is 2. The Morgan fingerprint density at radius 3 is 2.43 bits per heavy atom. The Hall–Kier alpha value is -1.06. The number of aryl methyl sites for hydroxylation is 3. The zero-order chi connectivity index (χ0) is 15.7. The first-order valence-electron chi connectivity index (χ1n) is 8.57. The van der Waals surface area contributed by atoms with Crippen LogP contribution in [0.4, 0.5) is 0 Å².